The summed E-state index contributed by atoms with van der Waals surface area (Å²) in [6, 6.07) is 0. The van der Waals surface area contributed by atoms with E-state index in [4.69, 9.17) is 14.2 Å². The Bertz CT molecular complexity index is 1160. The van der Waals surface area contributed by atoms with E-state index in [2.05, 4.69) is 20.8 Å². The molecule has 0 aromatic heterocycles. The maximum atomic E-state index is 12.9. The van der Waals surface area contributed by atoms with Gasteiger partial charge in [-0.05, 0) is 19.3 Å². The number of carbonyl (C=O) groups is 3. The third kappa shape index (κ3) is 65.1. The summed E-state index contributed by atoms with van der Waals surface area (Å²) in [6.07, 6.45) is 78.7. The van der Waals surface area contributed by atoms with Crippen molar-refractivity contribution in [2.24, 2.45) is 0 Å². The van der Waals surface area contributed by atoms with E-state index in [0.29, 0.717) is 19.3 Å². The largest absolute Gasteiger partial charge is 0.462 e. The maximum absolute atomic E-state index is 12.9. The minimum Gasteiger partial charge on any atom is -0.462 e. The van der Waals surface area contributed by atoms with Crippen molar-refractivity contribution >= 4 is 17.9 Å². The Balaban J connectivity index is 4.06. The third-order valence-electron chi connectivity index (χ3n) is 16.6. The van der Waals surface area contributed by atoms with Gasteiger partial charge >= 0.3 is 17.9 Å². The van der Waals surface area contributed by atoms with E-state index in [0.717, 1.165) is 57.8 Å². The summed E-state index contributed by atoms with van der Waals surface area (Å²) in [5.41, 5.74) is 0. The molecule has 0 aromatic rings. The van der Waals surface area contributed by atoms with E-state index in [-0.39, 0.29) is 31.1 Å². The Morgan fingerprint density at radius 3 is 0.519 bits per heavy atom. The molecule has 0 heterocycles. The second-order valence-electron chi connectivity index (χ2n) is 24.5. The molecule has 0 radical (unpaired) electrons. The fourth-order valence-corrected chi connectivity index (χ4v) is 11.3. The van der Waals surface area contributed by atoms with Crippen molar-refractivity contribution in [1.82, 2.24) is 0 Å². The van der Waals surface area contributed by atoms with Gasteiger partial charge in [-0.25, -0.2) is 0 Å². The van der Waals surface area contributed by atoms with E-state index in [1.165, 1.54) is 321 Å². The molecule has 0 rings (SSSR count). The number of ether oxygens (including phenoxy) is 3. The van der Waals surface area contributed by atoms with Gasteiger partial charge in [-0.2, -0.15) is 0 Å². The summed E-state index contributed by atoms with van der Waals surface area (Å²) in [4.78, 5) is 38.3. The first-order valence-corrected chi connectivity index (χ1v) is 35.5. The van der Waals surface area contributed by atoms with E-state index >= 15 is 0 Å². The van der Waals surface area contributed by atoms with Crippen LogP contribution in [-0.4, -0.2) is 37.2 Å². The van der Waals surface area contributed by atoms with E-state index in [1.54, 1.807) is 0 Å². The highest BCUT2D eigenvalue weighted by Gasteiger charge is 2.19. The molecule has 1 atom stereocenters. The zero-order chi connectivity index (χ0) is 55.7. The minimum atomic E-state index is -0.762. The van der Waals surface area contributed by atoms with Crippen molar-refractivity contribution in [2.45, 2.75) is 425 Å². The number of carbonyl (C=O) groups excluding carboxylic acids is 3. The van der Waals surface area contributed by atoms with Gasteiger partial charge in [0, 0.05) is 19.3 Å². The fraction of sp³-hybridized carbons (Fsp3) is 0.958. The quantitative estimate of drug-likeness (QED) is 0.0343. The number of rotatable bonds is 67. The number of hydrogen-bond acceptors (Lipinski definition) is 6. The molecular weight excluding hydrogens is 949 g/mol. The van der Waals surface area contributed by atoms with Gasteiger partial charge in [-0.3, -0.25) is 14.4 Å². The predicted octanol–water partition coefficient (Wildman–Crippen LogP) is 24.2. The SMILES string of the molecule is CCCCCCCCCCCCCCCCCCCCCCCCCCCCCC(=O)OCC(COC(=O)CCCCCCCCCCC)OC(=O)CCCCCCCCCCCCCCCCCCCCCCCCC. The van der Waals surface area contributed by atoms with Crippen LogP contribution >= 0.6 is 0 Å². The molecule has 1 unspecified atom stereocenters. The van der Waals surface area contributed by atoms with Gasteiger partial charge in [0.15, 0.2) is 6.10 Å². The van der Waals surface area contributed by atoms with Gasteiger partial charge < -0.3 is 14.2 Å². The van der Waals surface area contributed by atoms with Crippen LogP contribution in [0.5, 0.6) is 0 Å². The first-order valence-electron chi connectivity index (χ1n) is 35.5. The van der Waals surface area contributed by atoms with Crippen LogP contribution < -0.4 is 0 Å². The maximum Gasteiger partial charge on any atom is 0.306 e. The van der Waals surface area contributed by atoms with E-state index < -0.39 is 6.10 Å². The van der Waals surface area contributed by atoms with Crippen LogP contribution in [0.15, 0.2) is 0 Å². The summed E-state index contributed by atoms with van der Waals surface area (Å²) in [7, 11) is 0. The van der Waals surface area contributed by atoms with Crippen LogP contribution in [0.1, 0.15) is 419 Å². The molecule has 0 N–H and O–H groups in total. The van der Waals surface area contributed by atoms with Crippen molar-refractivity contribution in [3.8, 4) is 0 Å². The molecule has 0 aliphatic carbocycles. The Morgan fingerprint density at radius 2 is 0.351 bits per heavy atom. The summed E-state index contributed by atoms with van der Waals surface area (Å²) in [5, 5.41) is 0. The summed E-state index contributed by atoms with van der Waals surface area (Å²) in [6.45, 7) is 6.72. The second-order valence-corrected chi connectivity index (χ2v) is 24.5. The van der Waals surface area contributed by atoms with Crippen molar-refractivity contribution in [1.29, 1.82) is 0 Å². The zero-order valence-corrected chi connectivity index (χ0v) is 52.8. The Labute approximate surface area is 482 Å². The highest BCUT2D eigenvalue weighted by molar-refractivity contribution is 5.71. The Morgan fingerprint density at radius 1 is 0.208 bits per heavy atom. The van der Waals surface area contributed by atoms with Gasteiger partial charge in [0.05, 0.1) is 0 Å². The van der Waals surface area contributed by atoms with Crippen LogP contribution in [0, 0.1) is 0 Å². The Hall–Kier alpha value is -1.59. The average Bonchev–Trinajstić information content (AvgIpc) is 3.43. The van der Waals surface area contributed by atoms with Crippen LogP contribution in [0.3, 0.4) is 0 Å². The standard InChI is InChI=1S/C71H138O6/c1-4-7-10-13-16-19-21-23-25-27-29-31-33-34-35-36-38-39-41-43-45-47-49-52-55-58-61-64-70(73)76-67-68(66-75-69(72)63-60-57-54-51-18-15-12-9-6-3)77-71(74)65-62-59-56-53-50-48-46-44-42-40-37-32-30-28-26-24-22-20-17-14-11-8-5-2/h68H,4-67H2,1-3H3. The molecule has 0 bridgehead atoms. The lowest BCUT2D eigenvalue weighted by Crippen LogP contribution is -2.30. The van der Waals surface area contributed by atoms with Gasteiger partial charge in [-0.1, -0.05) is 380 Å². The molecule has 0 amide bonds. The highest BCUT2D eigenvalue weighted by atomic mass is 16.6. The lowest BCUT2D eigenvalue weighted by Gasteiger charge is -2.18. The van der Waals surface area contributed by atoms with E-state index in [1.807, 2.05) is 0 Å². The third-order valence-corrected chi connectivity index (χ3v) is 16.6. The Kier molecular flexibility index (Phi) is 65.5. The summed E-state index contributed by atoms with van der Waals surface area (Å²) in [5.74, 6) is -0.826. The molecule has 6 heteroatoms. The molecule has 458 valence electrons. The van der Waals surface area contributed by atoms with Crippen LogP contribution in [0.2, 0.25) is 0 Å². The lowest BCUT2D eigenvalue weighted by atomic mass is 10.0. The highest BCUT2D eigenvalue weighted by Crippen LogP contribution is 2.20. The molecule has 0 saturated heterocycles. The number of esters is 3. The van der Waals surface area contributed by atoms with Crippen LogP contribution in [-0.2, 0) is 28.6 Å². The van der Waals surface area contributed by atoms with Crippen molar-refractivity contribution in [3.05, 3.63) is 0 Å². The minimum absolute atomic E-state index is 0.0607. The second kappa shape index (κ2) is 66.9. The van der Waals surface area contributed by atoms with Gasteiger partial charge in [0.2, 0.25) is 0 Å². The van der Waals surface area contributed by atoms with Gasteiger partial charge in [-0.15, -0.1) is 0 Å². The van der Waals surface area contributed by atoms with Crippen LogP contribution in [0.4, 0.5) is 0 Å². The van der Waals surface area contributed by atoms with Gasteiger partial charge in [0.25, 0.3) is 0 Å². The lowest BCUT2D eigenvalue weighted by molar-refractivity contribution is -0.167. The smallest absolute Gasteiger partial charge is 0.306 e. The normalized spacial score (nSPS) is 11.9. The van der Waals surface area contributed by atoms with Crippen molar-refractivity contribution < 1.29 is 28.6 Å². The number of hydrogen-bond donors (Lipinski definition) is 0. The molecular formula is C71H138O6. The van der Waals surface area contributed by atoms with E-state index in [9.17, 15) is 14.4 Å². The van der Waals surface area contributed by atoms with Crippen molar-refractivity contribution in [2.75, 3.05) is 13.2 Å². The first kappa shape index (κ1) is 75.4. The van der Waals surface area contributed by atoms with Gasteiger partial charge in [0.1, 0.15) is 13.2 Å². The molecule has 77 heavy (non-hydrogen) atoms. The van der Waals surface area contributed by atoms with Crippen molar-refractivity contribution in [3.63, 3.8) is 0 Å². The summed E-state index contributed by atoms with van der Waals surface area (Å²) >= 11 is 0. The average molecular weight is 1090 g/mol. The molecule has 0 saturated carbocycles. The monoisotopic (exact) mass is 1090 g/mol. The predicted molar refractivity (Wildman–Crippen MR) is 335 cm³/mol. The molecule has 0 spiro atoms. The fourth-order valence-electron chi connectivity index (χ4n) is 11.3. The molecule has 0 fully saturated rings. The zero-order valence-electron chi connectivity index (χ0n) is 52.8. The first-order chi connectivity index (χ1) is 38.0. The number of unbranched alkanes of at least 4 members (excludes halogenated alkanes) is 56. The molecule has 6 nitrogen and oxygen atoms in total. The topological polar surface area (TPSA) is 78.9 Å². The summed E-state index contributed by atoms with van der Waals surface area (Å²) < 4.78 is 16.9. The molecule has 0 aliphatic rings. The molecule has 0 aliphatic heterocycles. The molecule has 0 aromatic carbocycles. The van der Waals surface area contributed by atoms with Crippen LogP contribution in [0.25, 0.3) is 0 Å².